The lowest BCUT2D eigenvalue weighted by Gasteiger charge is -2.28. The van der Waals surface area contributed by atoms with Crippen molar-refractivity contribution < 1.29 is 8.83 Å². The Labute approximate surface area is 323 Å². The molecular weight excluding hydrogens is 685 g/mol. The zero-order valence-electron chi connectivity index (χ0n) is 30.3. The van der Waals surface area contributed by atoms with Crippen LogP contribution in [0.4, 0.5) is 34.1 Å². The summed E-state index contributed by atoms with van der Waals surface area (Å²) in [5.41, 5.74) is 12.2. The van der Waals surface area contributed by atoms with Crippen molar-refractivity contribution in [3.63, 3.8) is 0 Å². The second-order valence-corrected chi connectivity index (χ2v) is 14.1. The first-order valence-electron chi connectivity index (χ1n) is 18.9. The molecule has 4 heteroatoms. The van der Waals surface area contributed by atoms with Crippen LogP contribution in [0.2, 0.25) is 0 Å². The Balaban J connectivity index is 1.03. The van der Waals surface area contributed by atoms with Gasteiger partial charge in [0, 0.05) is 49.7 Å². The molecule has 0 bridgehead atoms. The molecule has 0 aliphatic carbocycles. The van der Waals surface area contributed by atoms with Crippen LogP contribution >= 0.6 is 0 Å². The van der Waals surface area contributed by atoms with Crippen molar-refractivity contribution in [1.29, 1.82) is 0 Å². The molecule has 0 saturated carbocycles. The molecule has 0 saturated heterocycles. The van der Waals surface area contributed by atoms with Gasteiger partial charge in [0.25, 0.3) is 0 Å². The molecule has 2 aromatic heterocycles. The van der Waals surface area contributed by atoms with Crippen molar-refractivity contribution in [2.75, 3.05) is 9.80 Å². The monoisotopic (exact) mass is 718 g/mol. The third-order valence-corrected chi connectivity index (χ3v) is 10.9. The largest absolute Gasteiger partial charge is 0.456 e. The molecule has 0 spiro atoms. The van der Waals surface area contributed by atoms with Crippen LogP contribution in [0.1, 0.15) is 0 Å². The minimum absolute atomic E-state index is 0.867. The lowest BCUT2D eigenvalue weighted by Crippen LogP contribution is -2.10. The molecule has 11 rings (SSSR count). The van der Waals surface area contributed by atoms with Gasteiger partial charge in [0.1, 0.15) is 16.7 Å². The summed E-state index contributed by atoms with van der Waals surface area (Å²) in [7, 11) is 0. The Hall–Kier alpha value is -7.56. The molecule has 11 aromatic rings. The fraction of sp³-hybridized carbons (Fsp3) is 0. The van der Waals surface area contributed by atoms with Gasteiger partial charge in [0.2, 0.25) is 0 Å². The summed E-state index contributed by atoms with van der Waals surface area (Å²) in [5.74, 6) is 0. The average Bonchev–Trinajstić information content (AvgIpc) is 3.84. The van der Waals surface area contributed by atoms with E-state index in [-0.39, 0.29) is 0 Å². The molecule has 0 N–H and O–H groups in total. The summed E-state index contributed by atoms with van der Waals surface area (Å²) in [4.78, 5) is 4.64. The zero-order chi connectivity index (χ0) is 37.0. The van der Waals surface area contributed by atoms with Crippen LogP contribution in [-0.2, 0) is 0 Å². The lowest BCUT2D eigenvalue weighted by atomic mass is 9.96. The van der Waals surface area contributed by atoms with E-state index in [1.54, 1.807) is 0 Å². The standard InChI is InChI=1S/C52H34N2O2/c1-3-14-36(15-4-1)53(48-23-13-22-45-43-20-9-12-25-50(43)56-52(45)48)38-28-26-35(27-29-38)40-31-32-47(42-19-8-7-18-41(40)42)54(37-16-5-2-6-17-37)39-30-33-51-46(34-39)44-21-10-11-24-49(44)55-51/h1-34H. The average molecular weight is 719 g/mol. The van der Waals surface area contributed by atoms with Gasteiger partial charge in [-0.3, -0.25) is 0 Å². The number of benzene rings is 9. The van der Waals surface area contributed by atoms with Gasteiger partial charge in [-0.15, -0.1) is 0 Å². The van der Waals surface area contributed by atoms with E-state index in [9.17, 15) is 0 Å². The minimum Gasteiger partial charge on any atom is -0.456 e. The van der Waals surface area contributed by atoms with Crippen LogP contribution in [0.5, 0.6) is 0 Å². The van der Waals surface area contributed by atoms with E-state index < -0.39 is 0 Å². The zero-order valence-corrected chi connectivity index (χ0v) is 30.3. The van der Waals surface area contributed by atoms with Crippen LogP contribution in [0.3, 0.4) is 0 Å². The number of hydrogen-bond donors (Lipinski definition) is 0. The van der Waals surface area contributed by atoms with E-state index in [2.05, 4.69) is 192 Å². The van der Waals surface area contributed by atoms with Crippen LogP contribution in [0.25, 0.3) is 65.8 Å². The summed E-state index contributed by atoms with van der Waals surface area (Å²) >= 11 is 0. The number of nitrogens with zero attached hydrogens (tertiary/aromatic N) is 2. The van der Waals surface area contributed by atoms with Gasteiger partial charge in [-0.2, -0.15) is 0 Å². The van der Waals surface area contributed by atoms with Gasteiger partial charge < -0.3 is 18.6 Å². The topological polar surface area (TPSA) is 32.8 Å². The highest BCUT2D eigenvalue weighted by Gasteiger charge is 2.21. The molecule has 4 nitrogen and oxygen atoms in total. The smallest absolute Gasteiger partial charge is 0.159 e. The van der Waals surface area contributed by atoms with Crippen molar-refractivity contribution >= 4 is 88.8 Å². The molecule has 9 aromatic carbocycles. The summed E-state index contributed by atoms with van der Waals surface area (Å²) in [6.07, 6.45) is 0. The highest BCUT2D eigenvalue weighted by molar-refractivity contribution is 6.11. The van der Waals surface area contributed by atoms with Gasteiger partial charge in [0.15, 0.2) is 5.58 Å². The van der Waals surface area contributed by atoms with Crippen molar-refractivity contribution in [1.82, 2.24) is 0 Å². The first-order chi connectivity index (χ1) is 27.8. The van der Waals surface area contributed by atoms with Crippen molar-refractivity contribution in [3.8, 4) is 11.1 Å². The maximum atomic E-state index is 6.53. The number of anilines is 6. The molecule has 0 aliphatic rings. The Morgan fingerprint density at radius 1 is 0.286 bits per heavy atom. The van der Waals surface area contributed by atoms with Crippen molar-refractivity contribution in [2.24, 2.45) is 0 Å². The van der Waals surface area contributed by atoms with Gasteiger partial charge in [-0.25, -0.2) is 0 Å². The van der Waals surface area contributed by atoms with E-state index in [1.807, 2.05) is 24.3 Å². The summed E-state index contributed by atoms with van der Waals surface area (Å²) in [6.45, 7) is 0. The number of para-hydroxylation sites is 5. The van der Waals surface area contributed by atoms with Crippen LogP contribution in [0, 0.1) is 0 Å². The highest BCUT2D eigenvalue weighted by atomic mass is 16.3. The molecule has 0 amide bonds. The lowest BCUT2D eigenvalue weighted by molar-refractivity contribution is 0.668. The molecule has 0 atom stereocenters. The van der Waals surface area contributed by atoms with Crippen molar-refractivity contribution in [2.45, 2.75) is 0 Å². The molecule has 2 heterocycles. The number of furan rings is 2. The quantitative estimate of drug-likeness (QED) is 0.164. The predicted molar refractivity (Wildman–Crippen MR) is 233 cm³/mol. The third kappa shape index (κ3) is 5.23. The summed E-state index contributed by atoms with van der Waals surface area (Å²) in [5, 5.41) is 6.77. The Morgan fingerprint density at radius 2 is 0.804 bits per heavy atom. The van der Waals surface area contributed by atoms with Crippen LogP contribution < -0.4 is 9.80 Å². The normalized spacial score (nSPS) is 11.6. The maximum absolute atomic E-state index is 6.53. The van der Waals surface area contributed by atoms with Gasteiger partial charge >= 0.3 is 0 Å². The Kier molecular flexibility index (Phi) is 7.46. The number of hydrogen-bond acceptors (Lipinski definition) is 4. The number of fused-ring (bicyclic) bond motifs is 7. The van der Waals surface area contributed by atoms with Gasteiger partial charge in [-0.05, 0) is 95.4 Å². The predicted octanol–water partition coefficient (Wildman–Crippen LogP) is 15.2. The Morgan fingerprint density at radius 3 is 1.52 bits per heavy atom. The van der Waals surface area contributed by atoms with E-state index in [0.29, 0.717) is 0 Å². The SMILES string of the molecule is c1ccc(N(c2ccc3oc4ccccc4c3c2)c2ccc(-c3ccc(N(c4ccccc4)c4cccc5c4oc4ccccc45)cc3)c3ccccc23)cc1. The van der Waals surface area contributed by atoms with Gasteiger partial charge in [-0.1, -0.05) is 127 Å². The molecule has 264 valence electrons. The molecular formula is C52H34N2O2. The molecule has 0 radical (unpaired) electrons. The second kappa shape index (κ2) is 13.1. The summed E-state index contributed by atoms with van der Waals surface area (Å²) in [6, 6.07) is 72.6. The summed E-state index contributed by atoms with van der Waals surface area (Å²) < 4.78 is 12.7. The minimum atomic E-state index is 0.867. The van der Waals surface area contributed by atoms with E-state index >= 15 is 0 Å². The van der Waals surface area contributed by atoms with E-state index in [0.717, 1.165) is 89.0 Å². The maximum Gasteiger partial charge on any atom is 0.159 e. The molecule has 0 aliphatic heterocycles. The first kappa shape index (κ1) is 31.9. The first-order valence-corrected chi connectivity index (χ1v) is 18.9. The van der Waals surface area contributed by atoms with Crippen LogP contribution in [-0.4, -0.2) is 0 Å². The fourth-order valence-electron chi connectivity index (χ4n) is 8.29. The van der Waals surface area contributed by atoms with Crippen molar-refractivity contribution in [3.05, 3.63) is 206 Å². The third-order valence-electron chi connectivity index (χ3n) is 10.9. The molecule has 0 fully saturated rings. The molecule has 0 unspecified atom stereocenters. The van der Waals surface area contributed by atoms with Gasteiger partial charge in [0.05, 0.1) is 11.4 Å². The van der Waals surface area contributed by atoms with Crippen LogP contribution in [0.15, 0.2) is 215 Å². The number of rotatable bonds is 7. The molecule has 56 heavy (non-hydrogen) atoms. The fourth-order valence-corrected chi connectivity index (χ4v) is 8.29. The highest BCUT2D eigenvalue weighted by Crippen LogP contribution is 2.45. The van der Waals surface area contributed by atoms with E-state index in [4.69, 9.17) is 8.83 Å². The Bertz CT molecular complexity index is 3200. The van der Waals surface area contributed by atoms with E-state index in [1.165, 1.54) is 10.9 Å². The second-order valence-electron chi connectivity index (χ2n) is 14.1.